The van der Waals surface area contributed by atoms with Crippen LogP contribution in [0.3, 0.4) is 0 Å². The third kappa shape index (κ3) is 2.40. The minimum Gasteiger partial charge on any atom is -0.381 e. The Kier molecular flexibility index (Phi) is 3.77. The molecule has 0 unspecified atom stereocenters. The van der Waals surface area contributed by atoms with Crippen LogP contribution >= 0.6 is 23.2 Å². The molecule has 114 valence electrons. The Hall–Kier alpha value is -1.22. The molecule has 2 N–H and O–H groups in total. The Morgan fingerprint density at radius 1 is 0.955 bits per heavy atom. The number of hydrogen-bond acceptors (Lipinski definition) is 2. The fourth-order valence-electron chi connectivity index (χ4n) is 3.77. The number of nitrogens with one attached hydrogen (secondary N) is 2. The van der Waals surface area contributed by atoms with Crippen LogP contribution in [0.5, 0.6) is 0 Å². The molecule has 0 aliphatic carbocycles. The fourth-order valence-corrected chi connectivity index (χ4v) is 4.06. The second-order valence-corrected chi connectivity index (χ2v) is 6.89. The Labute approximate surface area is 140 Å². The van der Waals surface area contributed by atoms with Crippen molar-refractivity contribution in [3.05, 3.63) is 52.0 Å². The molecule has 2 aliphatic rings. The van der Waals surface area contributed by atoms with Crippen molar-refractivity contribution < 1.29 is 0 Å². The van der Waals surface area contributed by atoms with Gasteiger partial charge in [0.15, 0.2) is 0 Å². The first-order valence-electron chi connectivity index (χ1n) is 7.79. The Bertz CT molecular complexity index is 714. The summed E-state index contributed by atoms with van der Waals surface area (Å²) in [6, 6.07) is 13.0. The van der Waals surface area contributed by atoms with E-state index in [1.807, 2.05) is 12.1 Å². The molecule has 1 fully saturated rings. The van der Waals surface area contributed by atoms with Crippen LogP contribution in [0.25, 0.3) is 11.1 Å². The molecule has 1 saturated heterocycles. The second-order valence-electron chi connectivity index (χ2n) is 6.08. The van der Waals surface area contributed by atoms with Crippen LogP contribution in [0.1, 0.15) is 24.3 Å². The predicted octanol–water partition coefficient (Wildman–Crippen LogP) is 4.92. The van der Waals surface area contributed by atoms with Gasteiger partial charge in [0.1, 0.15) is 0 Å². The summed E-state index contributed by atoms with van der Waals surface area (Å²) in [5.74, 6) is 0.565. The van der Waals surface area contributed by atoms with Crippen molar-refractivity contribution in [3.8, 4) is 11.1 Å². The minimum absolute atomic E-state index is 0.536. The van der Waals surface area contributed by atoms with Crippen LogP contribution < -0.4 is 10.6 Å². The maximum absolute atomic E-state index is 6.22. The highest BCUT2D eigenvalue weighted by atomic mass is 35.5. The molecule has 4 heteroatoms. The molecule has 0 aromatic heterocycles. The molecule has 2 atom stereocenters. The van der Waals surface area contributed by atoms with Crippen LogP contribution in [0, 0.1) is 0 Å². The zero-order valence-corrected chi connectivity index (χ0v) is 13.7. The van der Waals surface area contributed by atoms with Gasteiger partial charge in [-0.25, -0.2) is 0 Å². The van der Waals surface area contributed by atoms with Gasteiger partial charge < -0.3 is 10.6 Å². The zero-order valence-electron chi connectivity index (χ0n) is 12.2. The average Bonchev–Trinajstić information content (AvgIpc) is 2.72. The molecular formula is C18H18Cl2N2. The average molecular weight is 333 g/mol. The monoisotopic (exact) mass is 332 g/mol. The van der Waals surface area contributed by atoms with Crippen molar-refractivity contribution in [3.63, 3.8) is 0 Å². The Balaban J connectivity index is 1.82. The summed E-state index contributed by atoms with van der Waals surface area (Å²) in [4.78, 5) is 0. The Morgan fingerprint density at radius 3 is 2.68 bits per heavy atom. The quantitative estimate of drug-likeness (QED) is 0.774. The lowest BCUT2D eigenvalue weighted by atomic mass is 9.86. The summed E-state index contributed by atoms with van der Waals surface area (Å²) in [5.41, 5.74) is 5.14. The molecule has 0 spiro atoms. The van der Waals surface area contributed by atoms with Crippen LogP contribution in [0.4, 0.5) is 5.69 Å². The molecule has 2 heterocycles. The maximum Gasteiger partial charge on any atom is 0.0598 e. The largest absolute Gasteiger partial charge is 0.381 e. The molecule has 0 amide bonds. The summed E-state index contributed by atoms with van der Waals surface area (Å²) < 4.78 is 0. The van der Waals surface area contributed by atoms with Gasteiger partial charge in [0.05, 0.1) is 10.0 Å². The number of halogens is 2. The van der Waals surface area contributed by atoms with E-state index >= 15 is 0 Å². The summed E-state index contributed by atoms with van der Waals surface area (Å²) in [6.07, 6.45) is 2.34. The van der Waals surface area contributed by atoms with Crippen LogP contribution in [-0.2, 0) is 0 Å². The van der Waals surface area contributed by atoms with E-state index in [0.717, 1.165) is 18.7 Å². The third-order valence-corrected chi connectivity index (χ3v) is 5.54. The van der Waals surface area contributed by atoms with Crippen molar-refractivity contribution >= 4 is 28.9 Å². The van der Waals surface area contributed by atoms with E-state index in [1.165, 1.54) is 29.7 Å². The van der Waals surface area contributed by atoms with E-state index in [1.54, 1.807) is 0 Å². The molecule has 2 aliphatic heterocycles. The first kappa shape index (κ1) is 14.4. The standard InChI is InChI=1S/C18H18Cl2N2/c19-14-5-4-11(10-15(14)20)12-2-1-3-17-18(12)13-6-8-21-9-7-16(13)22-17/h1-5,10,13,16,21-22H,6-9H2/t13-,16+/m1/s1. The molecule has 2 aromatic rings. The van der Waals surface area contributed by atoms with Crippen molar-refractivity contribution in [1.82, 2.24) is 5.32 Å². The first-order chi connectivity index (χ1) is 10.7. The van der Waals surface area contributed by atoms with E-state index < -0.39 is 0 Å². The van der Waals surface area contributed by atoms with Gasteiger partial charge in [-0.3, -0.25) is 0 Å². The zero-order chi connectivity index (χ0) is 15.1. The Morgan fingerprint density at radius 2 is 1.82 bits per heavy atom. The highest BCUT2D eigenvalue weighted by molar-refractivity contribution is 6.42. The minimum atomic E-state index is 0.536. The molecule has 0 radical (unpaired) electrons. The SMILES string of the molecule is Clc1ccc(-c2cccc3c2[C@@H]2CCNCC[C@@H]2N3)cc1Cl. The number of rotatable bonds is 1. The molecule has 0 saturated carbocycles. The lowest BCUT2D eigenvalue weighted by molar-refractivity contribution is 0.579. The van der Waals surface area contributed by atoms with Crippen molar-refractivity contribution in [2.75, 3.05) is 18.4 Å². The normalized spacial score (nSPS) is 23.4. The second kappa shape index (κ2) is 5.77. The molecule has 2 aromatic carbocycles. The third-order valence-electron chi connectivity index (χ3n) is 4.80. The van der Waals surface area contributed by atoms with Crippen molar-refractivity contribution in [2.24, 2.45) is 0 Å². The van der Waals surface area contributed by atoms with Crippen molar-refractivity contribution in [1.29, 1.82) is 0 Å². The summed E-state index contributed by atoms with van der Waals surface area (Å²) in [5, 5.41) is 8.43. The maximum atomic E-state index is 6.22. The molecule has 2 nitrogen and oxygen atoms in total. The van der Waals surface area contributed by atoms with Gasteiger partial charge in [0.2, 0.25) is 0 Å². The van der Waals surface area contributed by atoms with Gasteiger partial charge in [-0.2, -0.15) is 0 Å². The highest BCUT2D eigenvalue weighted by Crippen LogP contribution is 2.45. The number of hydrogen-bond donors (Lipinski definition) is 2. The molecule has 22 heavy (non-hydrogen) atoms. The smallest absolute Gasteiger partial charge is 0.0598 e. The summed E-state index contributed by atoms with van der Waals surface area (Å²) in [6.45, 7) is 2.17. The lowest BCUT2D eigenvalue weighted by Gasteiger charge is -2.18. The van der Waals surface area contributed by atoms with Gasteiger partial charge >= 0.3 is 0 Å². The van der Waals surface area contributed by atoms with Gasteiger partial charge in [-0.05, 0) is 60.8 Å². The van der Waals surface area contributed by atoms with E-state index in [4.69, 9.17) is 23.2 Å². The van der Waals surface area contributed by atoms with E-state index in [2.05, 4.69) is 34.9 Å². The highest BCUT2D eigenvalue weighted by Gasteiger charge is 2.34. The van der Waals surface area contributed by atoms with Crippen molar-refractivity contribution in [2.45, 2.75) is 24.8 Å². The number of anilines is 1. The topological polar surface area (TPSA) is 24.1 Å². The summed E-state index contributed by atoms with van der Waals surface area (Å²) >= 11 is 12.3. The molecule has 4 rings (SSSR count). The van der Waals surface area contributed by atoms with Crippen LogP contribution in [0.2, 0.25) is 10.0 Å². The van der Waals surface area contributed by atoms with Gasteiger partial charge in [-0.15, -0.1) is 0 Å². The number of fused-ring (bicyclic) bond motifs is 3. The van der Waals surface area contributed by atoms with E-state index in [-0.39, 0.29) is 0 Å². The van der Waals surface area contributed by atoms with Gasteiger partial charge in [0.25, 0.3) is 0 Å². The summed E-state index contributed by atoms with van der Waals surface area (Å²) in [7, 11) is 0. The lowest BCUT2D eigenvalue weighted by Crippen LogP contribution is -2.21. The number of benzene rings is 2. The fraction of sp³-hybridized carbons (Fsp3) is 0.333. The van der Waals surface area contributed by atoms with E-state index in [9.17, 15) is 0 Å². The first-order valence-corrected chi connectivity index (χ1v) is 8.55. The van der Waals surface area contributed by atoms with Crippen LogP contribution in [-0.4, -0.2) is 19.1 Å². The predicted molar refractivity (Wildman–Crippen MR) is 94.2 cm³/mol. The van der Waals surface area contributed by atoms with Gasteiger partial charge in [0, 0.05) is 17.6 Å². The van der Waals surface area contributed by atoms with E-state index in [0.29, 0.717) is 22.0 Å². The molecule has 0 bridgehead atoms. The van der Waals surface area contributed by atoms with Crippen LogP contribution in [0.15, 0.2) is 36.4 Å². The van der Waals surface area contributed by atoms with Gasteiger partial charge in [-0.1, -0.05) is 41.4 Å². The molecular weight excluding hydrogens is 315 g/mol.